The minimum absolute atomic E-state index is 0.0662. The van der Waals surface area contributed by atoms with Gasteiger partial charge in [0.2, 0.25) is 11.8 Å². The molecule has 0 bridgehead atoms. The van der Waals surface area contributed by atoms with Gasteiger partial charge in [0.05, 0.1) is 43.8 Å². The summed E-state index contributed by atoms with van der Waals surface area (Å²) < 4.78 is 19.8. The van der Waals surface area contributed by atoms with E-state index in [0.29, 0.717) is 30.7 Å². The first-order chi connectivity index (χ1) is 19.3. The lowest BCUT2D eigenvalue weighted by molar-refractivity contribution is -0.894. The summed E-state index contributed by atoms with van der Waals surface area (Å²) in [7, 11) is 0. The smallest absolute Gasteiger partial charge is 0.237 e. The molecule has 40 heavy (non-hydrogen) atoms. The van der Waals surface area contributed by atoms with E-state index in [-0.39, 0.29) is 5.56 Å². The van der Waals surface area contributed by atoms with Gasteiger partial charge in [0.15, 0.2) is 0 Å². The van der Waals surface area contributed by atoms with Gasteiger partial charge in [-0.1, -0.05) is 6.07 Å². The molecule has 4 heterocycles. The topological polar surface area (TPSA) is 120 Å². The zero-order valence-corrected chi connectivity index (χ0v) is 23.6. The Morgan fingerprint density at radius 2 is 1.98 bits per heavy atom. The number of aliphatic carboxylic acids is 1. The fraction of sp³-hybridized carbons (Fsp3) is 0.448. The summed E-state index contributed by atoms with van der Waals surface area (Å²) in [5.41, 5.74) is 5.49. The minimum atomic E-state index is -1.33. The summed E-state index contributed by atoms with van der Waals surface area (Å²) in [6.07, 6.45) is 3.94. The SMILES string of the molecule is CC[NH+](CC)CC.Cc1c(N2CCc3cnc(Nc4ccc(CC(=O)[O-])c(F)c4)nc3C2)cnc2c1NCCO2. The van der Waals surface area contributed by atoms with E-state index < -0.39 is 18.2 Å². The number of nitrogens with one attached hydrogen (secondary N) is 3. The van der Waals surface area contributed by atoms with Crippen LogP contribution >= 0.6 is 0 Å². The first-order valence-corrected chi connectivity index (χ1v) is 13.9. The maximum Gasteiger partial charge on any atom is 0.237 e. The summed E-state index contributed by atoms with van der Waals surface area (Å²) in [6.45, 7) is 15.3. The van der Waals surface area contributed by atoms with E-state index in [0.717, 1.165) is 47.7 Å². The molecule has 2 aromatic heterocycles. The molecule has 3 aromatic rings. The van der Waals surface area contributed by atoms with Crippen LogP contribution in [0.1, 0.15) is 43.2 Å². The van der Waals surface area contributed by atoms with Crippen LogP contribution in [0.2, 0.25) is 0 Å². The Bertz CT molecular complexity index is 1330. The summed E-state index contributed by atoms with van der Waals surface area (Å²) in [4.78, 5) is 28.1. The number of fused-ring (bicyclic) bond motifs is 2. The van der Waals surface area contributed by atoms with Crippen LogP contribution in [0.15, 0.2) is 30.6 Å². The summed E-state index contributed by atoms with van der Waals surface area (Å²) in [5.74, 6) is -0.976. The predicted molar refractivity (Wildman–Crippen MR) is 151 cm³/mol. The highest BCUT2D eigenvalue weighted by Crippen LogP contribution is 2.36. The Kier molecular flexibility index (Phi) is 9.70. The van der Waals surface area contributed by atoms with Gasteiger partial charge < -0.3 is 35.1 Å². The molecule has 0 radical (unpaired) electrons. The number of rotatable bonds is 8. The fourth-order valence-corrected chi connectivity index (χ4v) is 4.90. The molecule has 0 aliphatic carbocycles. The maximum atomic E-state index is 14.2. The molecule has 5 rings (SSSR count). The summed E-state index contributed by atoms with van der Waals surface area (Å²) >= 11 is 0. The lowest BCUT2D eigenvalue weighted by atomic mass is 10.0. The number of ether oxygens (including phenoxy) is 1. The summed E-state index contributed by atoms with van der Waals surface area (Å²) in [6, 6.07) is 4.23. The first kappa shape index (κ1) is 29.0. The van der Waals surface area contributed by atoms with E-state index in [9.17, 15) is 14.3 Å². The Morgan fingerprint density at radius 3 is 2.65 bits per heavy atom. The molecule has 0 amide bonds. The number of hydrogen-bond acceptors (Lipinski definition) is 9. The van der Waals surface area contributed by atoms with Crippen LogP contribution in [0.3, 0.4) is 0 Å². The lowest BCUT2D eigenvalue weighted by Crippen LogP contribution is -3.11. The lowest BCUT2D eigenvalue weighted by Gasteiger charge is -2.32. The number of carboxylic acids is 1. The molecule has 11 heteroatoms. The Morgan fingerprint density at radius 1 is 1.20 bits per heavy atom. The van der Waals surface area contributed by atoms with Crippen molar-refractivity contribution in [1.29, 1.82) is 0 Å². The van der Waals surface area contributed by atoms with E-state index in [1.165, 1.54) is 31.8 Å². The molecule has 3 N–H and O–H groups in total. The number of aromatic nitrogens is 3. The molecule has 2 aliphatic heterocycles. The standard InChI is InChI=1S/C23H23FN6O3.C6H15N/c1-13-19(11-26-22-21(13)25-5-7-33-22)30-6-4-15-10-27-23(29-18(15)12-30)28-16-3-2-14(8-20(31)32)17(24)9-16;1-4-7(5-2)6-3/h2-3,9-11,25H,4-8,12H2,1H3,(H,31,32)(H,27,28,29);4-6H2,1-3H3. The summed E-state index contributed by atoms with van der Waals surface area (Å²) in [5, 5.41) is 17.1. The molecule has 0 atom stereocenters. The normalized spacial score (nSPS) is 13.8. The van der Waals surface area contributed by atoms with Crippen molar-refractivity contribution in [3.8, 4) is 5.88 Å². The third-order valence-corrected chi connectivity index (χ3v) is 7.35. The Hall–Kier alpha value is -3.99. The number of nitrogens with zero attached hydrogens (tertiary/aromatic N) is 4. The van der Waals surface area contributed by atoms with Gasteiger partial charge in [-0.15, -0.1) is 0 Å². The van der Waals surface area contributed by atoms with Crippen molar-refractivity contribution in [2.24, 2.45) is 0 Å². The van der Waals surface area contributed by atoms with E-state index in [4.69, 9.17) is 4.74 Å². The van der Waals surface area contributed by atoms with Crippen molar-refractivity contribution >= 4 is 29.0 Å². The number of pyridine rings is 1. The molecule has 214 valence electrons. The number of benzene rings is 1. The quantitative estimate of drug-likeness (QED) is 0.384. The number of halogens is 1. The van der Waals surface area contributed by atoms with Gasteiger partial charge in [0.25, 0.3) is 0 Å². The van der Waals surface area contributed by atoms with Gasteiger partial charge in [0, 0.05) is 42.9 Å². The molecule has 0 spiro atoms. The fourth-order valence-electron chi connectivity index (χ4n) is 4.90. The second-order valence-corrected chi connectivity index (χ2v) is 9.85. The van der Waals surface area contributed by atoms with Crippen LogP contribution in [-0.4, -0.2) is 60.3 Å². The predicted octanol–water partition coefficient (Wildman–Crippen LogP) is 1.65. The highest BCUT2D eigenvalue weighted by Gasteiger charge is 2.24. The number of quaternary nitrogens is 1. The third-order valence-electron chi connectivity index (χ3n) is 7.35. The van der Waals surface area contributed by atoms with Crippen molar-refractivity contribution in [2.45, 2.75) is 47.1 Å². The van der Waals surface area contributed by atoms with Crippen LogP contribution < -0.4 is 30.3 Å². The minimum Gasteiger partial charge on any atom is -0.550 e. The van der Waals surface area contributed by atoms with Crippen LogP contribution in [0, 0.1) is 12.7 Å². The molecular weight excluding hydrogens is 513 g/mol. The molecule has 0 unspecified atom stereocenters. The van der Waals surface area contributed by atoms with Gasteiger partial charge in [0.1, 0.15) is 18.1 Å². The van der Waals surface area contributed by atoms with Crippen LogP contribution in [0.4, 0.5) is 27.4 Å². The zero-order chi connectivity index (χ0) is 28.6. The molecule has 0 fully saturated rings. The highest BCUT2D eigenvalue weighted by molar-refractivity contribution is 5.71. The van der Waals surface area contributed by atoms with Gasteiger partial charge in [-0.2, -0.15) is 0 Å². The van der Waals surface area contributed by atoms with Crippen molar-refractivity contribution in [3.63, 3.8) is 0 Å². The van der Waals surface area contributed by atoms with E-state index in [1.807, 2.05) is 6.20 Å². The average molecular weight is 552 g/mol. The zero-order valence-electron chi connectivity index (χ0n) is 23.6. The van der Waals surface area contributed by atoms with Gasteiger partial charge in [-0.05, 0) is 57.4 Å². The Labute approximate surface area is 234 Å². The van der Waals surface area contributed by atoms with E-state index in [2.05, 4.69) is 58.2 Å². The third kappa shape index (κ3) is 6.95. The molecule has 1 aromatic carbocycles. The molecule has 0 saturated heterocycles. The van der Waals surface area contributed by atoms with Crippen molar-refractivity contribution in [1.82, 2.24) is 15.0 Å². The average Bonchev–Trinajstić information content (AvgIpc) is 2.96. The number of carbonyl (C=O) groups is 1. The number of anilines is 4. The van der Waals surface area contributed by atoms with Gasteiger partial charge >= 0.3 is 0 Å². The van der Waals surface area contributed by atoms with Crippen molar-refractivity contribution < 1.29 is 23.9 Å². The van der Waals surface area contributed by atoms with Gasteiger partial charge in [-0.3, -0.25) is 0 Å². The first-order valence-electron chi connectivity index (χ1n) is 13.9. The largest absolute Gasteiger partial charge is 0.550 e. The van der Waals surface area contributed by atoms with Crippen molar-refractivity contribution in [2.75, 3.05) is 54.9 Å². The van der Waals surface area contributed by atoms with Crippen LogP contribution in [0.25, 0.3) is 0 Å². The monoisotopic (exact) mass is 551 g/mol. The Balaban J connectivity index is 0.000000470. The molecule has 2 aliphatic rings. The number of carboxylic acid groups (broad SMARTS) is 1. The second kappa shape index (κ2) is 13.4. The van der Waals surface area contributed by atoms with Crippen LogP contribution in [0.5, 0.6) is 5.88 Å². The van der Waals surface area contributed by atoms with Crippen LogP contribution in [-0.2, 0) is 24.2 Å². The molecule has 0 saturated carbocycles. The second-order valence-electron chi connectivity index (χ2n) is 9.85. The molecule has 10 nitrogen and oxygen atoms in total. The maximum absolute atomic E-state index is 14.2. The van der Waals surface area contributed by atoms with Gasteiger partial charge in [-0.25, -0.2) is 19.3 Å². The highest BCUT2D eigenvalue weighted by atomic mass is 19.1. The van der Waals surface area contributed by atoms with Crippen molar-refractivity contribution in [3.05, 3.63) is 58.8 Å². The van der Waals surface area contributed by atoms with E-state index in [1.54, 1.807) is 17.2 Å². The molecular formula is C29H38FN7O3. The van der Waals surface area contributed by atoms with E-state index >= 15 is 0 Å². The number of hydrogen-bond donors (Lipinski definition) is 3. The number of carbonyl (C=O) groups excluding carboxylic acids is 1.